The van der Waals surface area contributed by atoms with E-state index in [-0.39, 0.29) is 23.6 Å². The Morgan fingerprint density at radius 2 is 1.76 bits per heavy atom. The first-order valence-electron chi connectivity index (χ1n) is 10.7. The third-order valence-electron chi connectivity index (χ3n) is 5.18. The van der Waals surface area contributed by atoms with Gasteiger partial charge >= 0.3 is 0 Å². The minimum absolute atomic E-state index is 0.120. The van der Waals surface area contributed by atoms with Crippen molar-refractivity contribution in [3.8, 4) is 11.4 Å². The van der Waals surface area contributed by atoms with E-state index in [1.807, 2.05) is 61.0 Å². The summed E-state index contributed by atoms with van der Waals surface area (Å²) in [7, 11) is 1.84. The summed E-state index contributed by atoms with van der Waals surface area (Å²) in [5.41, 5.74) is 2.71. The highest BCUT2D eigenvalue weighted by atomic mass is 32.2. The molecule has 0 spiro atoms. The van der Waals surface area contributed by atoms with Crippen molar-refractivity contribution in [3.63, 3.8) is 0 Å². The number of carbonyl (C=O) groups is 2. The zero-order chi connectivity index (χ0) is 23.9. The van der Waals surface area contributed by atoms with Crippen LogP contribution in [0.2, 0.25) is 0 Å². The number of rotatable bonds is 8. The summed E-state index contributed by atoms with van der Waals surface area (Å²) in [5.74, 6) is 0.294. The number of aromatic nitrogens is 4. The van der Waals surface area contributed by atoms with Crippen LogP contribution >= 0.6 is 11.8 Å². The van der Waals surface area contributed by atoms with E-state index in [9.17, 15) is 9.59 Å². The van der Waals surface area contributed by atoms with Crippen LogP contribution in [0.15, 0.2) is 84.3 Å². The normalized spacial score (nSPS) is 11.6. The van der Waals surface area contributed by atoms with Crippen LogP contribution in [0.4, 0.5) is 5.69 Å². The summed E-state index contributed by atoms with van der Waals surface area (Å²) in [6, 6.07) is 20.2. The summed E-state index contributed by atoms with van der Waals surface area (Å²) < 4.78 is 1.82. The maximum atomic E-state index is 12.9. The third-order valence-corrected chi connectivity index (χ3v) is 6.20. The number of amides is 2. The summed E-state index contributed by atoms with van der Waals surface area (Å²) in [4.78, 5) is 29.7. The average Bonchev–Trinajstić information content (AvgIpc) is 3.24. The summed E-state index contributed by atoms with van der Waals surface area (Å²) in [5, 5.41) is 14.8. The van der Waals surface area contributed by atoms with Crippen molar-refractivity contribution in [2.24, 2.45) is 7.05 Å². The Balaban J connectivity index is 1.39. The van der Waals surface area contributed by atoms with Crippen molar-refractivity contribution in [1.82, 2.24) is 25.1 Å². The Bertz CT molecular complexity index is 1280. The molecular formula is C25H24N6O2S. The van der Waals surface area contributed by atoms with Gasteiger partial charge < -0.3 is 15.2 Å². The molecule has 172 valence electrons. The molecule has 2 heterocycles. The zero-order valence-electron chi connectivity index (χ0n) is 18.8. The topological polar surface area (TPSA) is 102 Å². The number of hydrogen-bond donors (Lipinski definition) is 2. The molecule has 0 unspecified atom stereocenters. The van der Waals surface area contributed by atoms with E-state index in [1.165, 1.54) is 11.8 Å². The van der Waals surface area contributed by atoms with Crippen molar-refractivity contribution >= 4 is 29.3 Å². The number of carbonyl (C=O) groups excluding carboxylic acids is 2. The number of nitrogens with zero attached hydrogens (tertiary/aromatic N) is 4. The quantitative estimate of drug-likeness (QED) is 0.375. The van der Waals surface area contributed by atoms with E-state index < -0.39 is 0 Å². The molecule has 0 aliphatic carbocycles. The summed E-state index contributed by atoms with van der Waals surface area (Å²) >= 11 is 1.27. The van der Waals surface area contributed by atoms with E-state index in [1.54, 1.807) is 36.7 Å². The van der Waals surface area contributed by atoms with Crippen LogP contribution in [0, 0.1) is 0 Å². The Morgan fingerprint density at radius 1 is 1.00 bits per heavy atom. The van der Waals surface area contributed by atoms with Gasteiger partial charge in [0.15, 0.2) is 11.0 Å². The number of anilines is 1. The van der Waals surface area contributed by atoms with Gasteiger partial charge in [-0.3, -0.25) is 14.6 Å². The Morgan fingerprint density at radius 3 is 2.53 bits per heavy atom. The van der Waals surface area contributed by atoms with E-state index in [0.717, 1.165) is 11.1 Å². The first kappa shape index (κ1) is 23.2. The molecular weight excluding hydrogens is 448 g/mol. The molecule has 2 amide bonds. The lowest BCUT2D eigenvalue weighted by molar-refractivity contribution is -0.113. The van der Waals surface area contributed by atoms with E-state index in [4.69, 9.17) is 0 Å². The Kier molecular flexibility index (Phi) is 7.34. The fourth-order valence-electron chi connectivity index (χ4n) is 3.39. The van der Waals surface area contributed by atoms with Gasteiger partial charge in [0.1, 0.15) is 0 Å². The summed E-state index contributed by atoms with van der Waals surface area (Å²) in [6.45, 7) is 1.92. The lowest BCUT2D eigenvalue weighted by Gasteiger charge is -2.16. The molecule has 2 aromatic carbocycles. The van der Waals surface area contributed by atoms with Crippen LogP contribution < -0.4 is 10.6 Å². The van der Waals surface area contributed by atoms with Crippen molar-refractivity contribution < 1.29 is 9.59 Å². The zero-order valence-corrected chi connectivity index (χ0v) is 19.6. The number of pyridine rings is 1. The molecule has 1 atom stereocenters. The van der Waals surface area contributed by atoms with Crippen LogP contribution in [0.3, 0.4) is 0 Å². The highest BCUT2D eigenvalue weighted by molar-refractivity contribution is 7.99. The predicted molar refractivity (Wildman–Crippen MR) is 132 cm³/mol. The first-order valence-corrected chi connectivity index (χ1v) is 11.7. The number of nitrogens with one attached hydrogen (secondary N) is 2. The minimum Gasteiger partial charge on any atom is -0.345 e. The number of hydrogen-bond acceptors (Lipinski definition) is 6. The number of thioether (sulfide) groups is 1. The molecule has 4 aromatic rings. The maximum Gasteiger partial charge on any atom is 0.253 e. The molecule has 0 radical (unpaired) electrons. The fourth-order valence-corrected chi connectivity index (χ4v) is 4.10. The molecule has 4 rings (SSSR count). The lowest BCUT2D eigenvalue weighted by Crippen LogP contribution is -2.28. The Labute approximate surface area is 201 Å². The van der Waals surface area contributed by atoms with Gasteiger partial charge in [-0.2, -0.15) is 0 Å². The van der Waals surface area contributed by atoms with E-state index in [0.29, 0.717) is 22.2 Å². The molecule has 0 saturated carbocycles. The minimum atomic E-state index is -0.255. The van der Waals surface area contributed by atoms with Gasteiger partial charge in [0.25, 0.3) is 5.91 Å². The van der Waals surface area contributed by atoms with Gasteiger partial charge in [0.2, 0.25) is 5.91 Å². The second kappa shape index (κ2) is 10.8. The molecule has 0 aliphatic rings. The Hall–Kier alpha value is -3.98. The second-order valence-corrected chi connectivity index (χ2v) is 8.54. The average molecular weight is 473 g/mol. The molecule has 2 N–H and O–H groups in total. The first-order chi connectivity index (χ1) is 16.5. The van der Waals surface area contributed by atoms with Gasteiger partial charge in [-0.15, -0.1) is 10.2 Å². The van der Waals surface area contributed by atoms with Crippen LogP contribution in [-0.2, 0) is 11.8 Å². The van der Waals surface area contributed by atoms with Crippen LogP contribution in [0.5, 0.6) is 0 Å². The molecule has 34 heavy (non-hydrogen) atoms. The molecule has 0 saturated heterocycles. The second-order valence-electron chi connectivity index (χ2n) is 7.60. The predicted octanol–water partition coefficient (Wildman–Crippen LogP) is 4.10. The largest absolute Gasteiger partial charge is 0.345 e. The standard InChI is InChI=1S/C25H24N6O2S/c1-17(18-9-4-3-5-10-18)27-24(33)20-12-6-7-13-21(20)28-22(32)16-34-25-30-29-23(31(25)2)19-11-8-14-26-15-19/h3-15,17H,16H2,1-2H3,(H,27,33)(H,28,32)/t17-/m1/s1. The van der Waals surface area contributed by atoms with Gasteiger partial charge in [0.05, 0.1) is 23.0 Å². The van der Waals surface area contributed by atoms with Gasteiger partial charge in [-0.25, -0.2) is 0 Å². The lowest BCUT2D eigenvalue weighted by atomic mass is 10.1. The van der Waals surface area contributed by atoms with Crippen molar-refractivity contribution in [2.45, 2.75) is 18.1 Å². The smallest absolute Gasteiger partial charge is 0.253 e. The van der Waals surface area contributed by atoms with Crippen molar-refractivity contribution in [1.29, 1.82) is 0 Å². The molecule has 0 bridgehead atoms. The SMILES string of the molecule is C[C@@H](NC(=O)c1ccccc1NC(=O)CSc1nnc(-c2cccnc2)n1C)c1ccccc1. The van der Waals surface area contributed by atoms with Crippen LogP contribution in [0.1, 0.15) is 28.9 Å². The van der Waals surface area contributed by atoms with E-state index >= 15 is 0 Å². The molecule has 0 aliphatic heterocycles. The molecule has 9 heteroatoms. The monoisotopic (exact) mass is 472 g/mol. The summed E-state index contributed by atoms with van der Waals surface area (Å²) in [6.07, 6.45) is 3.41. The third kappa shape index (κ3) is 5.49. The van der Waals surface area contributed by atoms with Crippen LogP contribution in [0.25, 0.3) is 11.4 Å². The number of para-hydroxylation sites is 1. The number of benzene rings is 2. The highest BCUT2D eigenvalue weighted by Crippen LogP contribution is 2.23. The fraction of sp³-hybridized carbons (Fsp3) is 0.160. The van der Waals surface area contributed by atoms with E-state index in [2.05, 4.69) is 25.8 Å². The molecule has 0 fully saturated rings. The molecule has 8 nitrogen and oxygen atoms in total. The van der Waals surface area contributed by atoms with Gasteiger partial charge in [-0.05, 0) is 36.8 Å². The molecule has 2 aromatic heterocycles. The maximum absolute atomic E-state index is 12.9. The van der Waals surface area contributed by atoms with Crippen LogP contribution in [-0.4, -0.2) is 37.3 Å². The van der Waals surface area contributed by atoms with Crippen molar-refractivity contribution in [2.75, 3.05) is 11.1 Å². The van der Waals surface area contributed by atoms with Gasteiger partial charge in [-0.1, -0.05) is 54.2 Å². The van der Waals surface area contributed by atoms with Crippen molar-refractivity contribution in [3.05, 3.63) is 90.3 Å². The van der Waals surface area contributed by atoms with Gasteiger partial charge in [0, 0.05) is 25.0 Å². The highest BCUT2D eigenvalue weighted by Gasteiger charge is 2.17.